The first-order valence-corrected chi connectivity index (χ1v) is 8.35. The molecule has 0 saturated carbocycles. The third-order valence-electron chi connectivity index (χ3n) is 2.37. The Kier molecular flexibility index (Phi) is 6.39. The van der Waals surface area contributed by atoms with Crippen LogP contribution >= 0.6 is 34.7 Å². The van der Waals surface area contributed by atoms with E-state index in [-0.39, 0.29) is 5.91 Å². The molecule has 0 saturated heterocycles. The SMILES string of the molecule is O=C(CSCc1ccc(Cl)s1)NOCc1ccccc1. The highest BCUT2D eigenvalue weighted by molar-refractivity contribution is 7.99. The monoisotopic (exact) mass is 327 g/mol. The standard InChI is InChI=1S/C14H14ClNO2S2/c15-13-7-6-12(20-13)9-19-10-14(17)16-18-8-11-4-2-1-3-5-11/h1-7H,8-10H2,(H,16,17). The second-order valence-corrected chi connectivity index (χ2v) is 6.78. The van der Waals surface area contributed by atoms with Crippen molar-refractivity contribution in [2.45, 2.75) is 12.4 Å². The van der Waals surface area contributed by atoms with E-state index in [9.17, 15) is 4.79 Å². The predicted molar refractivity (Wildman–Crippen MR) is 84.9 cm³/mol. The number of halogens is 1. The normalized spacial score (nSPS) is 10.4. The summed E-state index contributed by atoms with van der Waals surface area (Å²) in [5, 5.41) is 0. The van der Waals surface area contributed by atoms with E-state index in [4.69, 9.17) is 16.4 Å². The number of hydrogen-bond acceptors (Lipinski definition) is 4. The van der Waals surface area contributed by atoms with Gasteiger partial charge in [0.15, 0.2) is 0 Å². The molecular formula is C14H14ClNO2S2. The first-order chi connectivity index (χ1) is 9.74. The number of nitrogens with one attached hydrogen (secondary N) is 1. The molecule has 0 spiro atoms. The Balaban J connectivity index is 1.59. The predicted octanol–water partition coefficient (Wildman–Crippen LogP) is 3.88. The largest absolute Gasteiger partial charge is 0.272 e. The number of hydroxylamine groups is 1. The summed E-state index contributed by atoms with van der Waals surface area (Å²) >= 11 is 8.91. The van der Waals surface area contributed by atoms with Crippen molar-refractivity contribution < 1.29 is 9.63 Å². The zero-order valence-corrected chi connectivity index (χ0v) is 13.1. The quantitative estimate of drug-likeness (QED) is 0.784. The van der Waals surface area contributed by atoms with Crippen molar-refractivity contribution in [2.24, 2.45) is 0 Å². The van der Waals surface area contributed by atoms with E-state index >= 15 is 0 Å². The fourth-order valence-electron chi connectivity index (χ4n) is 1.48. The Morgan fingerprint density at radius 3 is 2.75 bits per heavy atom. The lowest BCUT2D eigenvalue weighted by Gasteiger charge is -2.05. The molecule has 0 aliphatic carbocycles. The molecule has 20 heavy (non-hydrogen) atoms. The molecule has 0 atom stereocenters. The Morgan fingerprint density at radius 1 is 1.25 bits per heavy atom. The van der Waals surface area contributed by atoms with Crippen molar-refractivity contribution in [2.75, 3.05) is 5.75 Å². The van der Waals surface area contributed by atoms with Crippen LogP contribution < -0.4 is 5.48 Å². The molecule has 2 rings (SSSR count). The average molecular weight is 328 g/mol. The fourth-order valence-corrected chi connectivity index (χ4v) is 3.49. The average Bonchev–Trinajstić information content (AvgIpc) is 2.86. The van der Waals surface area contributed by atoms with Gasteiger partial charge in [0.25, 0.3) is 5.91 Å². The molecule has 106 valence electrons. The summed E-state index contributed by atoms with van der Waals surface area (Å²) < 4.78 is 0.774. The first kappa shape index (κ1) is 15.4. The van der Waals surface area contributed by atoms with Gasteiger partial charge in [-0.2, -0.15) is 0 Å². The van der Waals surface area contributed by atoms with Crippen molar-refractivity contribution in [1.29, 1.82) is 0 Å². The molecular weight excluding hydrogens is 314 g/mol. The van der Waals surface area contributed by atoms with Crippen LogP contribution in [0.3, 0.4) is 0 Å². The van der Waals surface area contributed by atoms with Gasteiger partial charge in [-0.15, -0.1) is 23.1 Å². The number of thiophene rings is 1. The van der Waals surface area contributed by atoms with Gasteiger partial charge in [-0.1, -0.05) is 41.9 Å². The summed E-state index contributed by atoms with van der Waals surface area (Å²) in [7, 11) is 0. The van der Waals surface area contributed by atoms with Crippen LogP contribution in [0.15, 0.2) is 42.5 Å². The van der Waals surface area contributed by atoms with Crippen LogP contribution in [0.1, 0.15) is 10.4 Å². The summed E-state index contributed by atoms with van der Waals surface area (Å²) in [6.07, 6.45) is 0. The van der Waals surface area contributed by atoms with Crippen LogP contribution in [0.25, 0.3) is 0 Å². The Labute approximate surface area is 131 Å². The summed E-state index contributed by atoms with van der Waals surface area (Å²) in [5.41, 5.74) is 3.46. The van der Waals surface area contributed by atoms with Crippen molar-refractivity contribution in [3.05, 3.63) is 57.2 Å². The van der Waals surface area contributed by atoms with E-state index in [1.54, 1.807) is 0 Å². The van der Waals surface area contributed by atoms with Gasteiger partial charge in [-0.3, -0.25) is 9.63 Å². The number of thioether (sulfide) groups is 1. The first-order valence-electron chi connectivity index (χ1n) is 6.00. The topological polar surface area (TPSA) is 38.3 Å². The second-order valence-electron chi connectivity index (χ2n) is 4.00. The molecule has 1 aromatic heterocycles. The Morgan fingerprint density at radius 2 is 2.05 bits per heavy atom. The van der Waals surface area contributed by atoms with Crippen LogP contribution in [0.5, 0.6) is 0 Å². The van der Waals surface area contributed by atoms with Crippen LogP contribution in [-0.2, 0) is 22.0 Å². The molecule has 1 aromatic carbocycles. The minimum atomic E-state index is -0.131. The maximum atomic E-state index is 11.5. The van der Waals surface area contributed by atoms with E-state index in [0.29, 0.717) is 12.4 Å². The maximum absolute atomic E-state index is 11.5. The van der Waals surface area contributed by atoms with Gasteiger partial charge in [0, 0.05) is 10.6 Å². The number of hydrogen-bond donors (Lipinski definition) is 1. The Hall–Kier alpha value is -1.01. The summed E-state index contributed by atoms with van der Waals surface area (Å²) in [5.74, 6) is 1.02. The number of rotatable bonds is 7. The van der Waals surface area contributed by atoms with E-state index in [2.05, 4.69) is 5.48 Å². The highest BCUT2D eigenvalue weighted by atomic mass is 35.5. The van der Waals surface area contributed by atoms with Crippen LogP contribution in [0.2, 0.25) is 4.34 Å². The molecule has 1 heterocycles. The zero-order chi connectivity index (χ0) is 14.2. The van der Waals surface area contributed by atoms with Gasteiger partial charge < -0.3 is 0 Å². The molecule has 2 aromatic rings. The number of amides is 1. The molecule has 1 amide bonds. The van der Waals surface area contributed by atoms with Crippen LogP contribution in [0, 0.1) is 0 Å². The van der Waals surface area contributed by atoms with Crippen molar-refractivity contribution in [3.63, 3.8) is 0 Å². The molecule has 0 aliphatic heterocycles. The van der Waals surface area contributed by atoms with Gasteiger partial charge in [0.05, 0.1) is 16.7 Å². The number of carbonyl (C=O) groups is 1. The van der Waals surface area contributed by atoms with E-state index in [0.717, 1.165) is 20.5 Å². The third kappa shape index (κ3) is 5.54. The van der Waals surface area contributed by atoms with E-state index in [1.807, 2.05) is 42.5 Å². The molecule has 1 N–H and O–H groups in total. The van der Waals surface area contributed by atoms with Gasteiger partial charge in [0.1, 0.15) is 0 Å². The molecule has 3 nitrogen and oxygen atoms in total. The van der Waals surface area contributed by atoms with Gasteiger partial charge >= 0.3 is 0 Å². The van der Waals surface area contributed by atoms with E-state index < -0.39 is 0 Å². The fraction of sp³-hybridized carbons (Fsp3) is 0.214. The molecule has 0 fully saturated rings. The van der Waals surface area contributed by atoms with Crippen molar-refractivity contribution >= 4 is 40.6 Å². The van der Waals surface area contributed by atoms with Crippen LogP contribution in [-0.4, -0.2) is 11.7 Å². The molecule has 0 radical (unpaired) electrons. The van der Waals surface area contributed by atoms with Crippen molar-refractivity contribution in [3.8, 4) is 0 Å². The lowest BCUT2D eigenvalue weighted by atomic mass is 10.2. The minimum absolute atomic E-state index is 0.131. The Bertz CT molecular complexity index is 545. The zero-order valence-electron chi connectivity index (χ0n) is 10.7. The summed E-state index contributed by atoms with van der Waals surface area (Å²) in [4.78, 5) is 17.9. The van der Waals surface area contributed by atoms with Crippen LogP contribution in [0.4, 0.5) is 0 Å². The molecule has 0 aliphatic rings. The lowest BCUT2D eigenvalue weighted by molar-refractivity contribution is -0.131. The second kappa shape index (κ2) is 8.32. The van der Waals surface area contributed by atoms with Gasteiger partial charge in [-0.25, -0.2) is 5.48 Å². The highest BCUT2D eigenvalue weighted by Crippen LogP contribution is 2.24. The van der Waals surface area contributed by atoms with Gasteiger partial charge in [-0.05, 0) is 17.7 Å². The molecule has 6 heteroatoms. The molecule has 0 unspecified atom stereocenters. The maximum Gasteiger partial charge on any atom is 0.253 e. The summed E-state index contributed by atoms with van der Waals surface area (Å²) in [6.45, 7) is 0.373. The summed E-state index contributed by atoms with van der Waals surface area (Å²) in [6, 6.07) is 13.5. The van der Waals surface area contributed by atoms with Crippen molar-refractivity contribution in [1.82, 2.24) is 5.48 Å². The highest BCUT2D eigenvalue weighted by Gasteiger charge is 2.03. The molecule has 0 bridgehead atoms. The van der Waals surface area contributed by atoms with E-state index in [1.165, 1.54) is 23.1 Å². The number of benzene rings is 1. The smallest absolute Gasteiger partial charge is 0.253 e. The van der Waals surface area contributed by atoms with Gasteiger partial charge in [0.2, 0.25) is 0 Å². The third-order valence-corrected chi connectivity index (χ3v) is 4.77. The number of carbonyl (C=O) groups excluding carboxylic acids is 1. The minimum Gasteiger partial charge on any atom is -0.272 e. The lowest BCUT2D eigenvalue weighted by Crippen LogP contribution is -2.25.